The van der Waals surface area contributed by atoms with E-state index in [0.717, 1.165) is 25.7 Å². The van der Waals surface area contributed by atoms with E-state index >= 15 is 0 Å². The van der Waals surface area contributed by atoms with Gasteiger partial charge in [-0.05, 0) is 0 Å². The number of hydrogen-bond donors (Lipinski definition) is 0. The minimum atomic E-state index is -2.38. The molecule has 0 aliphatic carbocycles. The molecular weight excluding hydrogens is 459 g/mol. The molecule has 0 unspecified atom stereocenters. The molecule has 5 heteroatoms. The van der Waals surface area contributed by atoms with Gasteiger partial charge in [0.05, 0.1) is 7.11 Å². The summed E-state index contributed by atoms with van der Waals surface area (Å²) in [5.41, 5.74) is 0. The molecule has 0 N–H and O–H groups in total. The van der Waals surface area contributed by atoms with Crippen LogP contribution in [0.3, 0.4) is 0 Å². The second-order valence-corrected chi connectivity index (χ2v) is 20.9. The van der Waals surface area contributed by atoms with Crippen molar-refractivity contribution >= 4 is 30.3 Å². The topological polar surface area (TPSA) is 52.6 Å². The molecule has 28 heavy (non-hydrogen) atoms. The van der Waals surface area contributed by atoms with Crippen LogP contribution < -0.4 is 0 Å². The summed E-state index contributed by atoms with van der Waals surface area (Å²) in [4.78, 5) is 23.2. The molecule has 0 fully saturated rings. The van der Waals surface area contributed by atoms with Crippen molar-refractivity contribution in [2.75, 3.05) is 13.7 Å². The van der Waals surface area contributed by atoms with Gasteiger partial charge in [-0.2, -0.15) is 0 Å². The fourth-order valence-electron chi connectivity index (χ4n) is 3.50. The summed E-state index contributed by atoms with van der Waals surface area (Å²) in [6, 6.07) is 0. The summed E-state index contributed by atoms with van der Waals surface area (Å²) in [5, 5.41) is 0. The second-order valence-electron chi connectivity index (χ2n) is 7.91. The van der Waals surface area contributed by atoms with Crippen LogP contribution in [0, 0.1) is 0 Å². The molecule has 0 bridgehead atoms. The monoisotopic (exact) mass is 504 g/mol. The Hall–Kier alpha value is -0.521. The van der Waals surface area contributed by atoms with E-state index in [1.54, 1.807) is 6.08 Å². The number of carbonyl (C=O) groups excluding carboxylic acids is 2. The molecule has 0 atom stereocenters. The van der Waals surface area contributed by atoms with Gasteiger partial charge < -0.3 is 0 Å². The predicted octanol–water partition coefficient (Wildman–Crippen LogP) is 6.60. The maximum atomic E-state index is 12.2. The number of hydrogen-bond acceptors (Lipinski definition) is 4. The molecule has 0 spiro atoms. The first-order valence-corrected chi connectivity index (χ1v) is 19.2. The minimum absolute atomic E-state index is 0.152. The van der Waals surface area contributed by atoms with Crippen LogP contribution in [0.4, 0.5) is 0 Å². The maximum absolute atomic E-state index is 12.2. The molecule has 0 aliphatic rings. The van der Waals surface area contributed by atoms with Crippen molar-refractivity contribution in [1.29, 1.82) is 0 Å². The molecule has 0 amide bonds. The number of methoxy groups -OCH3 is 1. The molecule has 164 valence electrons. The molecule has 0 aliphatic heterocycles. The molecule has 0 rings (SSSR count). The van der Waals surface area contributed by atoms with E-state index in [9.17, 15) is 9.59 Å². The average Bonchev–Trinajstić information content (AvgIpc) is 2.71. The Morgan fingerprint density at radius 1 is 0.786 bits per heavy atom. The third-order valence-corrected chi connectivity index (χ3v) is 19.5. The van der Waals surface area contributed by atoms with E-state index in [0.29, 0.717) is 13.0 Å². The summed E-state index contributed by atoms with van der Waals surface area (Å²) in [7, 11) is 1.42. The van der Waals surface area contributed by atoms with Gasteiger partial charge in [-0.15, -0.1) is 0 Å². The Morgan fingerprint density at radius 3 is 1.82 bits per heavy atom. The number of unbranched alkanes of at least 4 members (excludes halogenated alkanes) is 6. The third kappa shape index (κ3) is 14.5. The number of rotatable bonds is 18. The van der Waals surface area contributed by atoms with Crippen molar-refractivity contribution < 1.29 is 19.1 Å². The van der Waals surface area contributed by atoms with Gasteiger partial charge in [0.2, 0.25) is 0 Å². The van der Waals surface area contributed by atoms with Gasteiger partial charge in [-0.1, -0.05) is 0 Å². The van der Waals surface area contributed by atoms with Gasteiger partial charge in [0.15, 0.2) is 0 Å². The van der Waals surface area contributed by atoms with E-state index in [4.69, 9.17) is 4.74 Å². The third-order valence-electron chi connectivity index (χ3n) is 5.40. The van der Waals surface area contributed by atoms with Crippen LogP contribution in [0.1, 0.15) is 91.4 Å². The van der Waals surface area contributed by atoms with Gasteiger partial charge in [0.25, 0.3) is 0 Å². The molecule has 0 aromatic carbocycles. The van der Waals surface area contributed by atoms with Crippen LogP contribution in [-0.2, 0) is 19.1 Å². The fourth-order valence-corrected chi connectivity index (χ4v) is 17.5. The summed E-state index contributed by atoms with van der Waals surface area (Å²) in [6.07, 6.45) is 13.5. The molecule has 0 radical (unpaired) electrons. The molecule has 4 nitrogen and oxygen atoms in total. The van der Waals surface area contributed by atoms with Crippen molar-refractivity contribution in [3.8, 4) is 0 Å². The Labute approximate surface area is 177 Å². The molecular formula is C23H44O4Sn. The summed E-state index contributed by atoms with van der Waals surface area (Å²) >= 11 is -2.38. The van der Waals surface area contributed by atoms with E-state index in [-0.39, 0.29) is 11.9 Å². The summed E-state index contributed by atoms with van der Waals surface area (Å²) < 4.78 is 16.5. The standard InChI is InChI=1S/C11H17O4.3C4H9.Sn/c1-3-10(12)15-9-7-5-4-6-8-11(13)14-2;3*1-3-4-2;/h1,3H,4-9H2,2H3;3*1,3-4H2,2H3;. The fraction of sp³-hybridized carbons (Fsp3) is 0.826. The number of carbonyl (C=O) groups is 2. The van der Waals surface area contributed by atoms with Crippen molar-refractivity contribution in [1.82, 2.24) is 0 Å². The van der Waals surface area contributed by atoms with Crippen molar-refractivity contribution in [3.63, 3.8) is 0 Å². The zero-order chi connectivity index (χ0) is 21.1. The first-order chi connectivity index (χ1) is 13.5. The van der Waals surface area contributed by atoms with Gasteiger partial charge in [0.1, 0.15) is 0 Å². The van der Waals surface area contributed by atoms with E-state index in [2.05, 4.69) is 29.6 Å². The number of esters is 2. The van der Waals surface area contributed by atoms with Crippen LogP contribution in [-0.4, -0.2) is 44.0 Å². The second kappa shape index (κ2) is 18.5. The Bertz CT molecular complexity index is 413. The van der Waals surface area contributed by atoms with E-state index < -0.39 is 18.4 Å². The SMILES string of the molecule is CCC[CH2][Sn](/[CH]=C/C(=O)OCCCCCCC(=O)OC)([CH2]CCC)[CH2]CCC. The van der Waals surface area contributed by atoms with Crippen LogP contribution in [0.2, 0.25) is 13.3 Å². The molecule has 0 saturated heterocycles. The van der Waals surface area contributed by atoms with E-state index in [1.807, 2.05) is 0 Å². The number of ether oxygens (including phenoxy) is 2. The van der Waals surface area contributed by atoms with Gasteiger partial charge in [0, 0.05) is 0 Å². The van der Waals surface area contributed by atoms with Crippen molar-refractivity contribution in [3.05, 3.63) is 10.2 Å². The van der Waals surface area contributed by atoms with Crippen molar-refractivity contribution in [2.24, 2.45) is 0 Å². The van der Waals surface area contributed by atoms with Crippen LogP contribution in [0.25, 0.3) is 0 Å². The zero-order valence-corrected chi connectivity index (χ0v) is 21.7. The summed E-state index contributed by atoms with van der Waals surface area (Å²) in [5.74, 6) is -0.319. The van der Waals surface area contributed by atoms with Crippen molar-refractivity contribution in [2.45, 2.75) is 105 Å². The Kier molecular flexibility index (Phi) is 18.2. The van der Waals surface area contributed by atoms with Gasteiger partial charge in [-0.3, -0.25) is 0 Å². The molecule has 0 saturated carbocycles. The normalized spacial score (nSPS) is 11.7. The molecule has 0 aromatic heterocycles. The zero-order valence-electron chi connectivity index (χ0n) is 18.9. The van der Waals surface area contributed by atoms with Gasteiger partial charge >= 0.3 is 171 Å². The van der Waals surface area contributed by atoms with Gasteiger partial charge in [-0.25, -0.2) is 0 Å². The molecule has 0 aromatic rings. The Balaban J connectivity index is 4.39. The quantitative estimate of drug-likeness (QED) is 0.0916. The van der Waals surface area contributed by atoms with Crippen LogP contribution >= 0.6 is 0 Å². The summed E-state index contributed by atoms with van der Waals surface area (Å²) in [6.45, 7) is 7.26. The Morgan fingerprint density at radius 2 is 1.32 bits per heavy atom. The first-order valence-electron chi connectivity index (χ1n) is 11.5. The predicted molar refractivity (Wildman–Crippen MR) is 120 cm³/mol. The first kappa shape index (κ1) is 27.5. The van der Waals surface area contributed by atoms with E-state index in [1.165, 1.54) is 58.9 Å². The van der Waals surface area contributed by atoms with Crippen LogP contribution in [0.5, 0.6) is 0 Å². The average molecular weight is 503 g/mol. The van der Waals surface area contributed by atoms with Crippen LogP contribution in [0.15, 0.2) is 10.2 Å². The molecule has 0 heterocycles.